The van der Waals surface area contributed by atoms with Crippen molar-refractivity contribution in [1.82, 2.24) is 4.90 Å². The first-order valence-electron chi connectivity index (χ1n) is 8.08. The number of hydrogen-bond donors (Lipinski definition) is 1. The third-order valence-electron chi connectivity index (χ3n) is 5.31. The van der Waals surface area contributed by atoms with E-state index in [1.165, 1.54) is 45.2 Å². The number of likely N-dealkylation sites (tertiary alicyclic amines) is 1. The van der Waals surface area contributed by atoms with Crippen molar-refractivity contribution in [2.75, 3.05) is 19.6 Å². The van der Waals surface area contributed by atoms with Gasteiger partial charge in [-0.1, -0.05) is 33.6 Å². The fourth-order valence-corrected chi connectivity index (χ4v) is 4.37. The van der Waals surface area contributed by atoms with Crippen LogP contribution in [0.2, 0.25) is 0 Å². The summed E-state index contributed by atoms with van der Waals surface area (Å²) in [4.78, 5) is 2.79. The van der Waals surface area contributed by atoms with Crippen molar-refractivity contribution >= 4 is 0 Å². The molecule has 2 nitrogen and oxygen atoms in total. The van der Waals surface area contributed by atoms with Gasteiger partial charge in [0.1, 0.15) is 0 Å². The van der Waals surface area contributed by atoms with Crippen molar-refractivity contribution in [3.63, 3.8) is 0 Å². The Labute approximate surface area is 113 Å². The molecular weight excluding hydrogens is 220 g/mol. The average molecular weight is 252 g/mol. The lowest BCUT2D eigenvalue weighted by Gasteiger charge is -2.46. The molecule has 1 aliphatic carbocycles. The van der Waals surface area contributed by atoms with E-state index in [0.29, 0.717) is 0 Å². The van der Waals surface area contributed by atoms with Gasteiger partial charge in [-0.3, -0.25) is 4.90 Å². The van der Waals surface area contributed by atoms with E-state index in [-0.39, 0.29) is 0 Å². The molecule has 2 fully saturated rings. The van der Waals surface area contributed by atoms with Gasteiger partial charge in [0.25, 0.3) is 0 Å². The summed E-state index contributed by atoms with van der Waals surface area (Å²) in [6.07, 6.45) is 6.94. The number of piperidine rings is 1. The highest BCUT2D eigenvalue weighted by Gasteiger charge is 2.35. The van der Waals surface area contributed by atoms with E-state index in [0.717, 1.165) is 36.3 Å². The average Bonchev–Trinajstić information content (AvgIpc) is 2.36. The number of rotatable bonds is 3. The number of nitrogens with two attached hydrogens (primary N) is 1. The summed E-state index contributed by atoms with van der Waals surface area (Å²) in [5, 5.41) is 0. The molecule has 1 saturated heterocycles. The monoisotopic (exact) mass is 252 g/mol. The van der Waals surface area contributed by atoms with Crippen molar-refractivity contribution in [2.45, 2.75) is 58.9 Å². The summed E-state index contributed by atoms with van der Waals surface area (Å²) in [7, 11) is 0. The summed E-state index contributed by atoms with van der Waals surface area (Å²) in [5.74, 6) is 3.44. The molecular formula is C16H32N2. The van der Waals surface area contributed by atoms with E-state index in [4.69, 9.17) is 5.73 Å². The van der Waals surface area contributed by atoms with Crippen LogP contribution in [0.4, 0.5) is 0 Å². The molecule has 1 saturated carbocycles. The zero-order chi connectivity index (χ0) is 13.1. The molecule has 106 valence electrons. The molecule has 0 radical (unpaired) electrons. The highest BCUT2D eigenvalue weighted by atomic mass is 15.2. The SMILES string of the molecule is CCC1CCC(CN)C(N2CC(C)CC(C)C2)C1. The molecule has 0 aromatic carbocycles. The van der Waals surface area contributed by atoms with Crippen molar-refractivity contribution < 1.29 is 0 Å². The van der Waals surface area contributed by atoms with Crippen LogP contribution >= 0.6 is 0 Å². The van der Waals surface area contributed by atoms with Gasteiger partial charge in [0, 0.05) is 19.1 Å². The molecule has 0 bridgehead atoms. The Morgan fingerprint density at radius 3 is 2.28 bits per heavy atom. The Kier molecular flexibility index (Phi) is 5.08. The van der Waals surface area contributed by atoms with E-state index in [1.54, 1.807) is 0 Å². The third kappa shape index (κ3) is 3.27. The third-order valence-corrected chi connectivity index (χ3v) is 5.31. The summed E-state index contributed by atoms with van der Waals surface area (Å²) in [6.45, 7) is 10.7. The molecule has 5 unspecified atom stereocenters. The van der Waals surface area contributed by atoms with Crippen LogP contribution in [-0.2, 0) is 0 Å². The van der Waals surface area contributed by atoms with Gasteiger partial charge in [0.2, 0.25) is 0 Å². The first-order valence-corrected chi connectivity index (χ1v) is 8.08. The van der Waals surface area contributed by atoms with Gasteiger partial charge in [0.05, 0.1) is 0 Å². The molecule has 1 aliphatic heterocycles. The molecule has 5 atom stereocenters. The van der Waals surface area contributed by atoms with E-state index < -0.39 is 0 Å². The van der Waals surface area contributed by atoms with Gasteiger partial charge in [-0.2, -0.15) is 0 Å². The minimum atomic E-state index is 0.755. The maximum Gasteiger partial charge on any atom is 0.0138 e. The molecule has 0 aromatic rings. The Hall–Kier alpha value is -0.0800. The second kappa shape index (κ2) is 6.38. The van der Waals surface area contributed by atoms with E-state index >= 15 is 0 Å². The second-order valence-corrected chi connectivity index (χ2v) is 7.05. The number of nitrogens with zero attached hydrogens (tertiary/aromatic N) is 1. The van der Waals surface area contributed by atoms with Crippen LogP contribution in [0.3, 0.4) is 0 Å². The van der Waals surface area contributed by atoms with Crippen LogP contribution in [0.15, 0.2) is 0 Å². The first kappa shape index (κ1) is 14.3. The fraction of sp³-hybridized carbons (Fsp3) is 1.00. The van der Waals surface area contributed by atoms with Crippen LogP contribution < -0.4 is 5.73 Å². The van der Waals surface area contributed by atoms with Gasteiger partial charge >= 0.3 is 0 Å². The maximum absolute atomic E-state index is 6.03. The van der Waals surface area contributed by atoms with Crippen molar-refractivity contribution in [3.8, 4) is 0 Å². The van der Waals surface area contributed by atoms with Gasteiger partial charge in [-0.15, -0.1) is 0 Å². The number of hydrogen-bond acceptors (Lipinski definition) is 2. The van der Waals surface area contributed by atoms with Gasteiger partial charge in [0.15, 0.2) is 0 Å². The highest BCUT2D eigenvalue weighted by Crippen LogP contribution is 2.36. The molecule has 0 spiro atoms. The minimum Gasteiger partial charge on any atom is -0.330 e. The van der Waals surface area contributed by atoms with Crippen LogP contribution in [0.25, 0.3) is 0 Å². The molecule has 2 heteroatoms. The molecule has 0 aromatic heterocycles. The Balaban J connectivity index is 2.02. The Morgan fingerprint density at radius 2 is 1.72 bits per heavy atom. The fourth-order valence-electron chi connectivity index (χ4n) is 4.37. The summed E-state index contributed by atoms with van der Waals surface area (Å²) >= 11 is 0. The van der Waals surface area contributed by atoms with Crippen molar-refractivity contribution in [2.24, 2.45) is 29.4 Å². The first-order chi connectivity index (χ1) is 8.63. The quantitative estimate of drug-likeness (QED) is 0.836. The molecule has 2 aliphatic rings. The standard InChI is InChI=1S/C16H32N2/c1-4-14-5-6-15(9-17)16(8-14)18-10-12(2)7-13(3)11-18/h12-16H,4-11,17H2,1-3H3. The van der Waals surface area contributed by atoms with E-state index in [2.05, 4.69) is 25.7 Å². The molecule has 0 amide bonds. The topological polar surface area (TPSA) is 29.3 Å². The van der Waals surface area contributed by atoms with Gasteiger partial charge < -0.3 is 5.73 Å². The Bertz CT molecular complexity index is 243. The van der Waals surface area contributed by atoms with Crippen molar-refractivity contribution in [1.29, 1.82) is 0 Å². The maximum atomic E-state index is 6.03. The van der Waals surface area contributed by atoms with Crippen LogP contribution in [0.1, 0.15) is 52.9 Å². The second-order valence-electron chi connectivity index (χ2n) is 7.05. The predicted octanol–water partition coefficient (Wildman–Crippen LogP) is 3.12. The molecule has 18 heavy (non-hydrogen) atoms. The van der Waals surface area contributed by atoms with Gasteiger partial charge in [-0.05, 0) is 49.5 Å². The minimum absolute atomic E-state index is 0.755. The zero-order valence-electron chi connectivity index (χ0n) is 12.6. The normalized spacial score (nSPS) is 43.0. The molecule has 2 rings (SSSR count). The summed E-state index contributed by atoms with van der Waals surface area (Å²) < 4.78 is 0. The van der Waals surface area contributed by atoms with E-state index in [9.17, 15) is 0 Å². The lowest BCUT2D eigenvalue weighted by atomic mass is 9.75. The van der Waals surface area contributed by atoms with Gasteiger partial charge in [-0.25, -0.2) is 0 Å². The predicted molar refractivity (Wildman–Crippen MR) is 78.5 cm³/mol. The van der Waals surface area contributed by atoms with Crippen LogP contribution in [0.5, 0.6) is 0 Å². The smallest absolute Gasteiger partial charge is 0.0138 e. The van der Waals surface area contributed by atoms with Crippen LogP contribution in [0, 0.1) is 23.7 Å². The summed E-state index contributed by atoms with van der Waals surface area (Å²) in [5.41, 5.74) is 6.03. The highest BCUT2D eigenvalue weighted by molar-refractivity contribution is 4.90. The molecule has 1 heterocycles. The lowest BCUT2D eigenvalue weighted by molar-refractivity contribution is 0.0307. The van der Waals surface area contributed by atoms with Crippen LogP contribution in [-0.4, -0.2) is 30.6 Å². The van der Waals surface area contributed by atoms with Crippen molar-refractivity contribution in [3.05, 3.63) is 0 Å². The largest absolute Gasteiger partial charge is 0.330 e. The molecule has 2 N–H and O–H groups in total. The van der Waals surface area contributed by atoms with E-state index in [1.807, 2.05) is 0 Å². The Morgan fingerprint density at radius 1 is 1.06 bits per heavy atom. The zero-order valence-corrected chi connectivity index (χ0v) is 12.6. The lowest BCUT2D eigenvalue weighted by Crippen LogP contribution is -2.51. The summed E-state index contributed by atoms with van der Waals surface area (Å²) in [6, 6.07) is 0.777.